The highest BCUT2D eigenvalue weighted by atomic mass is 32.1. The molecule has 30 heavy (non-hydrogen) atoms. The number of hydrogen-bond donors (Lipinski definition) is 1. The zero-order valence-electron chi connectivity index (χ0n) is 16.5. The number of hydrogen-bond acceptors (Lipinski definition) is 6. The number of aromatic nitrogens is 1. The fourth-order valence-corrected chi connectivity index (χ4v) is 4.51. The molecule has 0 bridgehead atoms. The van der Waals surface area contributed by atoms with Crippen molar-refractivity contribution in [2.75, 3.05) is 6.61 Å². The van der Waals surface area contributed by atoms with E-state index in [1.54, 1.807) is 48.8 Å². The van der Waals surface area contributed by atoms with Crippen LogP contribution in [0.5, 0.6) is 5.75 Å². The van der Waals surface area contributed by atoms with Crippen LogP contribution in [0.2, 0.25) is 0 Å². The Labute approximate surface area is 176 Å². The summed E-state index contributed by atoms with van der Waals surface area (Å²) in [7, 11) is 0. The van der Waals surface area contributed by atoms with Gasteiger partial charge in [0.05, 0.1) is 28.5 Å². The predicted molar refractivity (Wildman–Crippen MR) is 115 cm³/mol. The Hall–Kier alpha value is -3.45. The fourth-order valence-electron chi connectivity index (χ4n) is 3.46. The molecule has 1 unspecified atom stereocenters. The lowest BCUT2D eigenvalue weighted by Gasteiger charge is -2.24. The van der Waals surface area contributed by atoms with Crippen molar-refractivity contribution in [3.05, 3.63) is 96.7 Å². The molecule has 0 aliphatic carbocycles. The molecule has 2 heterocycles. The van der Waals surface area contributed by atoms with Gasteiger partial charge in [0.1, 0.15) is 5.75 Å². The van der Waals surface area contributed by atoms with E-state index in [9.17, 15) is 14.7 Å². The highest BCUT2D eigenvalue weighted by molar-refractivity contribution is 7.07. The SMILES string of the molecule is CCOC(=O)C1=C(C)N=c2sc(=Cc3ccc(O)cc3)c(=O)n2C1c1ccccc1. The lowest BCUT2D eigenvalue weighted by Crippen LogP contribution is -2.39. The Morgan fingerprint density at radius 3 is 2.57 bits per heavy atom. The molecular weight excluding hydrogens is 400 g/mol. The van der Waals surface area contributed by atoms with Gasteiger partial charge >= 0.3 is 5.97 Å². The molecule has 3 aromatic rings. The summed E-state index contributed by atoms with van der Waals surface area (Å²) < 4.78 is 7.33. The monoisotopic (exact) mass is 420 g/mol. The van der Waals surface area contributed by atoms with Crippen molar-refractivity contribution >= 4 is 23.4 Å². The molecular formula is C23H20N2O4S. The van der Waals surface area contributed by atoms with Crippen LogP contribution in [0.3, 0.4) is 0 Å². The Kier molecular flexibility index (Phi) is 5.37. The minimum Gasteiger partial charge on any atom is -0.508 e. The van der Waals surface area contributed by atoms with E-state index in [4.69, 9.17) is 4.74 Å². The molecule has 1 atom stereocenters. The molecule has 1 aliphatic rings. The van der Waals surface area contributed by atoms with Gasteiger partial charge in [-0.2, -0.15) is 0 Å². The number of benzene rings is 2. The molecule has 7 heteroatoms. The van der Waals surface area contributed by atoms with Gasteiger partial charge in [-0.25, -0.2) is 9.79 Å². The van der Waals surface area contributed by atoms with Gasteiger partial charge in [-0.3, -0.25) is 9.36 Å². The van der Waals surface area contributed by atoms with Crippen LogP contribution in [0.4, 0.5) is 0 Å². The maximum atomic E-state index is 13.4. The van der Waals surface area contributed by atoms with Gasteiger partial charge in [-0.05, 0) is 43.2 Å². The molecule has 0 radical (unpaired) electrons. The average molecular weight is 420 g/mol. The van der Waals surface area contributed by atoms with Gasteiger partial charge < -0.3 is 9.84 Å². The van der Waals surface area contributed by atoms with Crippen molar-refractivity contribution in [1.29, 1.82) is 0 Å². The Morgan fingerprint density at radius 1 is 1.20 bits per heavy atom. The molecule has 2 aromatic carbocycles. The third-order valence-electron chi connectivity index (χ3n) is 4.82. The van der Waals surface area contributed by atoms with Crippen LogP contribution in [0, 0.1) is 0 Å². The Balaban J connectivity index is 1.94. The predicted octanol–water partition coefficient (Wildman–Crippen LogP) is 2.50. The molecule has 0 spiro atoms. The maximum Gasteiger partial charge on any atom is 0.338 e. The molecule has 0 saturated heterocycles. The first kappa shape index (κ1) is 19.8. The highest BCUT2D eigenvalue weighted by Gasteiger charge is 2.33. The van der Waals surface area contributed by atoms with Crippen molar-refractivity contribution in [3.8, 4) is 5.75 Å². The van der Waals surface area contributed by atoms with Gasteiger partial charge in [-0.1, -0.05) is 53.8 Å². The maximum absolute atomic E-state index is 13.4. The summed E-state index contributed by atoms with van der Waals surface area (Å²) in [6.07, 6.45) is 1.76. The number of carbonyl (C=O) groups is 1. The van der Waals surface area contributed by atoms with Crippen LogP contribution < -0.4 is 14.9 Å². The number of phenolic OH excluding ortho intramolecular Hbond substituents is 1. The van der Waals surface area contributed by atoms with E-state index in [1.165, 1.54) is 11.3 Å². The van der Waals surface area contributed by atoms with Gasteiger partial charge in [0.15, 0.2) is 4.80 Å². The second kappa shape index (κ2) is 8.12. The van der Waals surface area contributed by atoms with Gasteiger partial charge in [0.25, 0.3) is 5.56 Å². The number of nitrogens with zero attached hydrogens (tertiary/aromatic N) is 2. The third kappa shape index (κ3) is 3.59. The molecule has 152 valence electrons. The lowest BCUT2D eigenvalue weighted by molar-refractivity contribution is -0.139. The molecule has 6 nitrogen and oxygen atoms in total. The van der Waals surface area contributed by atoms with Crippen molar-refractivity contribution in [1.82, 2.24) is 4.57 Å². The molecule has 1 N–H and O–H groups in total. The molecule has 0 saturated carbocycles. The summed E-state index contributed by atoms with van der Waals surface area (Å²) in [5, 5.41) is 9.48. The van der Waals surface area contributed by atoms with Crippen molar-refractivity contribution in [3.63, 3.8) is 0 Å². The number of aromatic hydroxyl groups is 1. The van der Waals surface area contributed by atoms with Gasteiger partial charge in [0.2, 0.25) is 0 Å². The number of phenols is 1. The summed E-state index contributed by atoms with van der Waals surface area (Å²) >= 11 is 1.27. The minimum absolute atomic E-state index is 0.160. The molecule has 1 aliphatic heterocycles. The molecule has 0 amide bonds. The zero-order valence-corrected chi connectivity index (χ0v) is 17.3. The highest BCUT2D eigenvalue weighted by Crippen LogP contribution is 2.30. The third-order valence-corrected chi connectivity index (χ3v) is 5.81. The lowest BCUT2D eigenvalue weighted by atomic mass is 9.96. The van der Waals surface area contributed by atoms with Crippen LogP contribution in [-0.2, 0) is 9.53 Å². The first-order chi connectivity index (χ1) is 14.5. The zero-order chi connectivity index (χ0) is 21.3. The minimum atomic E-state index is -0.608. The molecule has 0 fully saturated rings. The first-order valence-corrected chi connectivity index (χ1v) is 10.3. The van der Waals surface area contributed by atoms with Crippen LogP contribution in [0.15, 0.2) is 75.7 Å². The second-order valence-electron chi connectivity index (χ2n) is 6.80. The van der Waals surface area contributed by atoms with Crippen LogP contribution in [0.1, 0.15) is 31.0 Å². The van der Waals surface area contributed by atoms with E-state index < -0.39 is 12.0 Å². The fraction of sp³-hybridized carbons (Fsp3) is 0.174. The Morgan fingerprint density at radius 2 is 1.90 bits per heavy atom. The second-order valence-corrected chi connectivity index (χ2v) is 7.81. The van der Waals surface area contributed by atoms with Crippen LogP contribution in [0.25, 0.3) is 6.08 Å². The summed E-state index contributed by atoms with van der Waals surface area (Å²) in [6.45, 7) is 3.75. The summed E-state index contributed by atoms with van der Waals surface area (Å²) in [5.74, 6) is -0.312. The summed E-state index contributed by atoms with van der Waals surface area (Å²) in [6, 6.07) is 15.4. The van der Waals surface area contributed by atoms with E-state index in [0.29, 0.717) is 20.6 Å². The van der Waals surface area contributed by atoms with Gasteiger partial charge in [0, 0.05) is 0 Å². The summed E-state index contributed by atoms with van der Waals surface area (Å²) in [5.41, 5.74) is 2.28. The molecule has 1 aromatic heterocycles. The topological polar surface area (TPSA) is 80.9 Å². The number of fused-ring (bicyclic) bond motifs is 1. The van der Waals surface area contributed by atoms with Crippen molar-refractivity contribution in [2.24, 2.45) is 4.99 Å². The Bertz CT molecular complexity index is 1300. The van der Waals surface area contributed by atoms with Crippen LogP contribution in [-0.4, -0.2) is 22.2 Å². The van der Waals surface area contributed by atoms with E-state index in [2.05, 4.69) is 4.99 Å². The summed E-state index contributed by atoms with van der Waals surface area (Å²) in [4.78, 5) is 31.2. The number of esters is 1. The van der Waals surface area contributed by atoms with E-state index >= 15 is 0 Å². The van der Waals surface area contributed by atoms with E-state index in [1.807, 2.05) is 30.3 Å². The number of ether oxygens (including phenoxy) is 1. The normalized spacial score (nSPS) is 16.2. The van der Waals surface area contributed by atoms with E-state index in [0.717, 1.165) is 11.1 Å². The van der Waals surface area contributed by atoms with Crippen molar-refractivity contribution in [2.45, 2.75) is 19.9 Å². The number of rotatable bonds is 4. The van der Waals surface area contributed by atoms with Crippen molar-refractivity contribution < 1.29 is 14.6 Å². The van der Waals surface area contributed by atoms with Crippen LogP contribution >= 0.6 is 11.3 Å². The number of allylic oxidation sites excluding steroid dienone is 1. The quantitative estimate of drug-likeness (QED) is 0.658. The van der Waals surface area contributed by atoms with Gasteiger partial charge in [-0.15, -0.1) is 0 Å². The smallest absolute Gasteiger partial charge is 0.338 e. The molecule has 4 rings (SSSR count). The largest absolute Gasteiger partial charge is 0.508 e. The number of thiazole rings is 1. The average Bonchev–Trinajstić information content (AvgIpc) is 3.04. The van der Waals surface area contributed by atoms with E-state index in [-0.39, 0.29) is 17.9 Å². The standard InChI is InChI=1S/C23H20N2O4S/c1-3-29-22(28)19-14(2)24-23-25(20(19)16-7-5-4-6-8-16)21(27)18(30-23)13-15-9-11-17(26)12-10-15/h4-13,20,26H,3H2,1-2H3. The first-order valence-electron chi connectivity index (χ1n) is 9.53. The number of carbonyl (C=O) groups excluding carboxylic acids is 1.